The van der Waals surface area contributed by atoms with Crippen molar-refractivity contribution in [1.82, 2.24) is 9.97 Å². The number of ether oxygens (including phenoxy) is 1. The van der Waals surface area contributed by atoms with E-state index in [2.05, 4.69) is 20.6 Å². The molecule has 0 fully saturated rings. The number of carboxylic acid groups (broad SMARTS) is 1. The van der Waals surface area contributed by atoms with Gasteiger partial charge in [-0.2, -0.15) is 0 Å². The van der Waals surface area contributed by atoms with E-state index in [4.69, 9.17) is 21.4 Å². The van der Waals surface area contributed by atoms with E-state index in [-0.39, 0.29) is 17.4 Å². The van der Waals surface area contributed by atoms with Crippen molar-refractivity contribution in [2.45, 2.75) is 25.7 Å². The van der Waals surface area contributed by atoms with Gasteiger partial charge in [0.15, 0.2) is 0 Å². The van der Waals surface area contributed by atoms with E-state index in [1.165, 1.54) is 37.7 Å². The zero-order valence-electron chi connectivity index (χ0n) is 17.8. The number of nitrogens with one attached hydrogen (secondary N) is 2. The smallest absolute Gasteiger partial charge is 0.303 e. The van der Waals surface area contributed by atoms with E-state index in [9.17, 15) is 14.0 Å². The second-order valence-electron chi connectivity index (χ2n) is 7.08. The van der Waals surface area contributed by atoms with E-state index in [1.807, 2.05) is 0 Å². The molecule has 0 aliphatic rings. The number of methoxy groups -OCH3 is 1. The van der Waals surface area contributed by atoms with Gasteiger partial charge in [0, 0.05) is 23.6 Å². The first-order chi connectivity index (χ1) is 15.9. The third kappa shape index (κ3) is 6.63. The monoisotopic (exact) mass is 472 g/mol. The fourth-order valence-electron chi connectivity index (χ4n) is 3.06. The Morgan fingerprint density at radius 1 is 1.21 bits per heavy atom. The van der Waals surface area contributed by atoms with Crippen molar-refractivity contribution in [3.05, 3.63) is 59.7 Å². The van der Waals surface area contributed by atoms with Gasteiger partial charge in [-0.3, -0.25) is 9.59 Å². The molecule has 0 unspecified atom stereocenters. The number of fused-ring (bicyclic) bond motifs is 1. The summed E-state index contributed by atoms with van der Waals surface area (Å²) in [7, 11) is 1.48. The number of nitrogens with zero attached hydrogens (tertiary/aromatic N) is 2. The van der Waals surface area contributed by atoms with Gasteiger partial charge in [0.25, 0.3) is 0 Å². The van der Waals surface area contributed by atoms with Crippen LogP contribution >= 0.6 is 11.6 Å². The van der Waals surface area contributed by atoms with Crippen LogP contribution in [0.2, 0.25) is 5.02 Å². The second kappa shape index (κ2) is 11.2. The lowest BCUT2D eigenvalue weighted by Crippen LogP contribution is -2.09. The first-order valence-electron chi connectivity index (χ1n) is 10.1. The maximum absolute atomic E-state index is 13.5. The van der Waals surface area contributed by atoms with Crippen LogP contribution in [0.5, 0.6) is 5.75 Å². The molecule has 0 saturated heterocycles. The van der Waals surface area contributed by atoms with Gasteiger partial charge in [0.1, 0.15) is 23.7 Å². The number of hydrogen-bond acceptors (Lipinski definition) is 6. The summed E-state index contributed by atoms with van der Waals surface area (Å²) in [6.07, 6.45) is 6.39. The Labute approximate surface area is 194 Å². The van der Waals surface area contributed by atoms with Gasteiger partial charge in [-0.1, -0.05) is 17.7 Å². The summed E-state index contributed by atoms with van der Waals surface area (Å²) in [6.45, 7) is 0. The van der Waals surface area contributed by atoms with Gasteiger partial charge in [-0.05, 0) is 49.6 Å². The van der Waals surface area contributed by atoms with E-state index < -0.39 is 11.8 Å². The third-order valence-electron chi connectivity index (χ3n) is 4.68. The van der Waals surface area contributed by atoms with Crippen molar-refractivity contribution in [2.24, 2.45) is 0 Å². The van der Waals surface area contributed by atoms with Crippen LogP contribution in [0.1, 0.15) is 25.7 Å². The molecule has 2 aromatic carbocycles. The van der Waals surface area contributed by atoms with E-state index in [1.54, 1.807) is 18.2 Å². The Hall–Kier alpha value is -3.72. The number of rotatable bonds is 10. The minimum Gasteiger partial charge on any atom is -0.494 e. The van der Waals surface area contributed by atoms with Crippen LogP contribution in [0, 0.1) is 5.82 Å². The molecule has 3 N–H and O–H groups in total. The second-order valence-corrected chi connectivity index (χ2v) is 7.48. The molecule has 10 heteroatoms. The molecule has 172 valence electrons. The third-order valence-corrected chi connectivity index (χ3v) is 4.97. The molecule has 0 aliphatic heterocycles. The van der Waals surface area contributed by atoms with Gasteiger partial charge in [-0.15, -0.1) is 0 Å². The predicted octanol–water partition coefficient (Wildman–Crippen LogP) is 5.31. The summed E-state index contributed by atoms with van der Waals surface area (Å²) in [5, 5.41) is 15.1. The van der Waals surface area contributed by atoms with Crippen molar-refractivity contribution in [2.75, 3.05) is 17.7 Å². The fourth-order valence-corrected chi connectivity index (χ4v) is 3.24. The molecular weight excluding hydrogens is 451 g/mol. The normalized spacial score (nSPS) is 11.0. The van der Waals surface area contributed by atoms with E-state index >= 15 is 0 Å². The van der Waals surface area contributed by atoms with Crippen LogP contribution in [0.3, 0.4) is 0 Å². The Kier molecular flexibility index (Phi) is 8.15. The Balaban J connectivity index is 1.78. The number of allylic oxidation sites excluding steroid dienone is 1. The average Bonchev–Trinajstić information content (AvgIpc) is 2.78. The minimum absolute atomic E-state index is 0.0252. The van der Waals surface area contributed by atoms with Crippen molar-refractivity contribution in [1.29, 1.82) is 0 Å². The molecule has 0 saturated carbocycles. The van der Waals surface area contributed by atoms with Gasteiger partial charge in [0.05, 0.1) is 23.3 Å². The summed E-state index contributed by atoms with van der Waals surface area (Å²) in [6, 6.07) is 7.57. The standard InChI is InChI=1S/C23H22ClFN4O4/c1-33-20-12-18-15(11-19(20)29-21(30)6-4-2-3-5-7-22(31)32)23(27-13-26-18)28-14-8-9-17(25)16(24)10-14/h4,6,8-13H,2-3,5,7H2,1H3,(H,29,30)(H,31,32)(H,26,27,28)/b6-4+. The van der Waals surface area contributed by atoms with Crippen LogP contribution in [0.4, 0.5) is 21.6 Å². The molecule has 0 aliphatic carbocycles. The highest BCUT2D eigenvalue weighted by Crippen LogP contribution is 2.33. The lowest BCUT2D eigenvalue weighted by Gasteiger charge is -2.13. The largest absolute Gasteiger partial charge is 0.494 e. The van der Waals surface area contributed by atoms with Crippen LogP contribution in [-0.4, -0.2) is 34.1 Å². The zero-order chi connectivity index (χ0) is 23.8. The van der Waals surface area contributed by atoms with Gasteiger partial charge < -0.3 is 20.5 Å². The number of halogens is 2. The average molecular weight is 473 g/mol. The van der Waals surface area contributed by atoms with E-state index in [0.29, 0.717) is 53.1 Å². The lowest BCUT2D eigenvalue weighted by molar-refractivity contribution is -0.137. The van der Waals surface area contributed by atoms with Crippen LogP contribution < -0.4 is 15.4 Å². The first kappa shape index (κ1) is 23.9. The maximum Gasteiger partial charge on any atom is 0.303 e. The molecule has 1 aromatic heterocycles. The summed E-state index contributed by atoms with van der Waals surface area (Å²) >= 11 is 5.86. The first-order valence-corrected chi connectivity index (χ1v) is 10.5. The SMILES string of the molecule is COc1cc2ncnc(Nc3ccc(F)c(Cl)c3)c2cc1NC(=O)/C=C/CCCCC(=O)O. The quantitative estimate of drug-likeness (QED) is 0.270. The molecular formula is C23H22ClFN4O4. The van der Waals surface area contributed by atoms with Gasteiger partial charge in [0.2, 0.25) is 5.91 Å². The summed E-state index contributed by atoms with van der Waals surface area (Å²) < 4.78 is 18.8. The molecule has 3 aromatic rings. The molecule has 0 bridgehead atoms. The van der Waals surface area contributed by atoms with Crippen LogP contribution in [0.15, 0.2) is 48.8 Å². The molecule has 8 nitrogen and oxygen atoms in total. The number of aliphatic carboxylic acids is 1. The zero-order valence-corrected chi connectivity index (χ0v) is 18.5. The molecule has 0 radical (unpaired) electrons. The van der Waals surface area contributed by atoms with Gasteiger partial charge in [-0.25, -0.2) is 14.4 Å². The van der Waals surface area contributed by atoms with Crippen LogP contribution in [-0.2, 0) is 9.59 Å². The number of unbranched alkanes of at least 4 members (excludes halogenated alkanes) is 2. The number of carbonyl (C=O) groups excluding carboxylic acids is 1. The molecule has 0 spiro atoms. The number of amides is 1. The number of carbonyl (C=O) groups is 2. The van der Waals surface area contributed by atoms with Crippen LogP contribution in [0.25, 0.3) is 10.9 Å². The summed E-state index contributed by atoms with van der Waals surface area (Å²) in [5.41, 5.74) is 1.53. The predicted molar refractivity (Wildman–Crippen MR) is 125 cm³/mol. The van der Waals surface area contributed by atoms with Crippen molar-refractivity contribution in [3.8, 4) is 5.75 Å². The highest BCUT2D eigenvalue weighted by atomic mass is 35.5. The molecule has 3 rings (SSSR count). The number of hydrogen-bond donors (Lipinski definition) is 3. The molecule has 33 heavy (non-hydrogen) atoms. The Morgan fingerprint density at radius 2 is 2.03 bits per heavy atom. The molecule has 0 atom stereocenters. The van der Waals surface area contributed by atoms with Gasteiger partial charge >= 0.3 is 5.97 Å². The van der Waals surface area contributed by atoms with E-state index in [0.717, 1.165) is 0 Å². The number of aromatic nitrogens is 2. The lowest BCUT2D eigenvalue weighted by atomic mass is 10.1. The Morgan fingerprint density at radius 3 is 2.76 bits per heavy atom. The highest BCUT2D eigenvalue weighted by Gasteiger charge is 2.13. The number of benzene rings is 2. The number of anilines is 3. The number of carboxylic acids is 1. The fraction of sp³-hybridized carbons (Fsp3) is 0.217. The maximum atomic E-state index is 13.5. The topological polar surface area (TPSA) is 113 Å². The van der Waals surface area contributed by atoms with Crippen molar-refractivity contribution < 1.29 is 23.8 Å². The van der Waals surface area contributed by atoms with Crippen molar-refractivity contribution in [3.63, 3.8) is 0 Å². The highest BCUT2D eigenvalue weighted by molar-refractivity contribution is 6.31. The minimum atomic E-state index is -0.833. The summed E-state index contributed by atoms with van der Waals surface area (Å²) in [4.78, 5) is 31.4. The molecule has 1 amide bonds. The summed E-state index contributed by atoms with van der Waals surface area (Å²) in [5.74, 6) is -0.863. The Bertz CT molecular complexity index is 1200. The molecule has 1 heterocycles. The van der Waals surface area contributed by atoms with Crippen molar-refractivity contribution >= 4 is 51.6 Å².